The Morgan fingerprint density at radius 2 is 2.04 bits per heavy atom. The number of aromatic nitrogens is 1. The van der Waals surface area contributed by atoms with E-state index in [4.69, 9.17) is 9.47 Å². The molecule has 2 aromatic rings. The zero-order valence-electron chi connectivity index (χ0n) is 14.0. The summed E-state index contributed by atoms with van der Waals surface area (Å²) in [6, 6.07) is 9.51. The van der Waals surface area contributed by atoms with Gasteiger partial charge in [-0.2, -0.15) is 0 Å². The van der Waals surface area contributed by atoms with Crippen LogP contribution in [-0.4, -0.2) is 41.0 Å². The summed E-state index contributed by atoms with van der Waals surface area (Å²) in [6.45, 7) is 2.46. The lowest BCUT2D eigenvalue weighted by Crippen LogP contribution is -2.36. The molecule has 1 saturated carbocycles. The second-order valence-electron chi connectivity index (χ2n) is 5.70. The standard InChI is InChI=1S/C18H20N2O4S/c1-2-23-18(22)15-12-25-16(19-15)10-20(13-8-9-13)17(21)11-24-14-6-4-3-5-7-14/h3-7,12-13H,2,8-11H2,1H3. The van der Waals surface area contributed by atoms with Crippen LogP contribution in [0.4, 0.5) is 0 Å². The van der Waals surface area contributed by atoms with Crippen LogP contribution < -0.4 is 4.74 Å². The molecule has 1 fully saturated rings. The molecule has 1 aromatic heterocycles. The number of para-hydroxylation sites is 1. The lowest BCUT2D eigenvalue weighted by Gasteiger charge is -2.21. The Hall–Kier alpha value is -2.41. The predicted octanol–water partition coefficient (Wildman–Crippen LogP) is 2.89. The number of carbonyl (C=O) groups excluding carboxylic acids is 2. The molecule has 0 unspecified atom stereocenters. The van der Waals surface area contributed by atoms with Gasteiger partial charge in [-0.15, -0.1) is 11.3 Å². The Balaban J connectivity index is 1.59. The summed E-state index contributed by atoms with van der Waals surface area (Å²) in [5.41, 5.74) is 0.297. The zero-order chi connectivity index (χ0) is 17.6. The fourth-order valence-electron chi connectivity index (χ4n) is 2.38. The molecule has 0 saturated heterocycles. The van der Waals surface area contributed by atoms with Crippen LogP contribution in [0.2, 0.25) is 0 Å². The van der Waals surface area contributed by atoms with E-state index in [1.807, 2.05) is 30.3 Å². The van der Waals surface area contributed by atoms with Gasteiger partial charge in [-0.3, -0.25) is 4.79 Å². The molecule has 1 aliphatic carbocycles. The van der Waals surface area contributed by atoms with Crippen molar-refractivity contribution in [2.24, 2.45) is 0 Å². The van der Waals surface area contributed by atoms with Crippen LogP contribution in [0.15, 0.2) is 35.7 Å². The third kappa shape index (κ3) is 4.79. The number of hydrogen-bond donors (Lipinski definition) is 0. The van der Waals surface area contributed by atoms with E-state index >= 15 is 0 Å². The van der Waals surface area contributed by atoms with Crippen LogP contribution in [0.1, 0.15) is 35.3 Å². The van der Waals surface area contributed by atoms with Gasteiger partial charge in [0, 0.05) is 11.4 Å². The highest BCUT2D eigenvalue weighted by Gasteiger charge is 2.33. The van der Waals surface area contributed by atoms with Crippen LogP contribution in [0.5, 0.6) is 5.75 Å². The molecular weight excluding hydrogens is 340 g/mol. The van der Waals surface area contributed by atoms with Crippen molar-refractivity contribution < 1.29 is 19.1 Å². The van der Waals surface area contributed by atoms with Gasteiger partial charge in [0.25, 0.3) is 5.91 Å². The number of amides is 1. The normalized spacial score (nSPS) is 13.3. The van der Waals surface area contributed by atoms with Crippen LogP contribution >= 0.6 is 11.3 Å². The molecular formula is C18H20N2O4S. The van der Waals surface area contributed by atoms with Crippen LogP contribution in [0, 0.1) is 0 Å². The molecule has 0 spiro atoms. The molecule has 0 aliphatic heterocycles. The van der Waals surface area contributed by atoms with Gasteiger partial charge in [0.1, 0.15) is 10.8 Å². The van der Waals surface area contributed by atoms with Gasteiger partial charge in [-0.25, -0.2) is 9.78 Å². The quantitative estimate of drug-likeness (QED) is 0.677. The highest BCUT2D eigenvalue weighted by atomic mass is 32.1. The van der Waals surface area contributed by atoms with E-state index in [0.717, 1.165) is 17.8 Å². The van der Waals surface area contributed by atoms with E-state index in [9.17, 15) is 9.59 Å². The summed E-state index contributed by atoms with van der Waals surface area (Å²) < 4.78 is 10.5. The predicted molar refractivity (Wildman–Crippen MR) is 93.6 cm³/mol. The van der Waals surface area contributed by atoms with E-state index in [1.165, 1.54) is 11.3 Å². The highest BCUT2D eigenvalue weighted by molar-refractivity contribution is 7.09. The Morgan fingerprint density at radius 3 is 2.72 bits per heavy atom. The number of ether oxygens (including phenoxy) is 2. The van der Waals surface area contributed by atoms with Gasteiger partial charge in [-0.1, -0.05) is 18.2 Å². The zero-order valence-corrected chi connectivity index (χ0v) is 14.8. The lowest BCUT2D eigenvalue weighted by molar-refractivity contribution is -0.134. The molecule has 0 bridgehead atoms. The van der Waals surface area contributed by atoms with E-state index < -0.39 is 5.97 Å². The first kappa shape index (κ1) is 17.4. The van der Waals surface area contributed by atoms with Gasteiger partial charge < -0.3 is 14.4 Å². The molecule has 6 nitrogen and oxygen atoms in total. The second kappa shape index (κ2) is 8.11. The Bertz CT molecular complexity index is 728. The van der Waals surface area contributed by atoms with E-state index in [-0.39, 0.29) is 18.6 Å². The molecule has 0 radical (unpaired) electrons. The lowest BCUT2D eigenvalue weighted by atomic mass is 10.3. The summed E-state index contributed by atoms with van der Waals surface area (Å²) in [5, 5.41) is 2.40. The average Bonchev–Trinajstić information content (AvgIpc) is 3.36. The van der Waals surface area contributed by atoms with Crippen molar-refractivity contribution in [3.05, 3.63) is 46.4 Å². The van der Waals surface area contributed by atoms with E-state index in [2.05, 4.69) is 4.98 Å². The maximum Gasteiger partial charge on any atom is 0.357 e. The second-order valence-corrected chi connectivity index (χ2v) is 6.64. The van der Waals surface area contributed by atoms with Crippen LogP contribution in [0.3, 0.4) is 0 Å². The minimum absolute atomic E-state index is 0.00335. The van der Waals surface area contributed by atoms with Crippen molar-refractivity contribution in [2.45, 2.75) is 32.4 Å². The fourth-order valence-corrected chi connectivity index (χ4v) is 3.14. The van der Waals surface area contributed by atoms with Crippen molar-refractivity contribution in [1.82, 2.24) is 9.88 Å². The van der Waals surface area contributed by atoms with Gasteiger partial charge in [0.15, 0.2) is 12.3 Å². The monoisotopic (exact) mass is 360 g/mol. The largest absolute Gasteiger partial charge is 0.484 e. The molecule has 25 heavy (non-hydrogen) atoms. The van der Waals surface area contributed by atoms with Crippen molar-refractivity contribution >= 4 is 23.2 Å². The third-order valence-electron chi connectivity index (χ3n) is 3.76. The number of thiazole rings is 1. The smallest absolute Gasteiger partial charge is 0.357 e. The first-order valence-electron chi connectivity index (χ1n) is 8.26. The van der Waals surface area contributed by atoms with Crippen molar-refractivity contribution in [3.8, 4) is 5.75 Å². The van der Waals surface area contributed by atoms with Crippen LogP contribution in [-0.2, 0) is 16.1 Å². The minimum atomic E-state index is -0.429. The molecule has 1 heterocycles. The van der Waals surface area contributed by atoms with Gasteiger partial charge in [0.05, 0.1) is 13.2 Å². The fraction of sp³-hybridized carbons (Fsp3) is 0.389. The van der Waals surface area contributed by atoms with Crippen molar-refractivity contribution in [2.75, 3.05) is 13.2 Å². The Morgan fingerprint density at radius 1 is 1.28 bits per heavy atom. The molecule has 0 atom stereocenters. The summed E-state index contributed by atoms with van der Waals surface area (Å²) >= 11 is 1.36. The number of esters is 1. The Kier molecular flexibility index (Phi) is 5.65. The highest BCUT2D eigenvalue weighted by Crippen LogP contribution is 2.29. The van der Waals surface area contributed by atoms with E-state index in [0.29, 0.717) is 24.6 Å². The number of nitrogens with zero attached hydrogens (tertiary/aromatic N) is 2. The topological polar surface area (TPSA) is 68.7 Å². The first-order chi connectivity index (χ1) is 12.2. The molecule has 3 rings (SSSR count). The molecule has 1 aliphatic rings. The van der Waals surface area contributed by atoms with Gasteiger partial charge in [-0.05, 0) is 31.9 Å². The third-order valence-corrected chi connectivity index (χ3v) is 4.59. The van der Waals surface area contributed by atoms with E-state index in [1.54, 1.807) is 17.2 Å². The maximum atomic E-state index is 12.5. The molecule has 7 heteroatoms. The SMILES string of the molecule is CCOC(=O)c1csc(CN(C(=O)COc2ccccc2)C2CC2)n1. The molecule has 132 valence electrons. The molecule has 1 aromatic carbocycles. The molecule has 1 amide bonds. The number of hydrogen-bond acceptors (Lipinski definition) is 6. The first-order valence-corrected chi connectivity index (χ1v) is 9.14. The van der Waals surface area contributed by atoms with Crippen LogP contribution in [0.25, 0.3) is 0 Å². The van der Waals surface area contributed by atoms with Crippen molar-refractivity contribution in [3.63, 3.8) is 0 Å². The van der Waals surface area contributed by atoms with Crippen molar-refractivity contribution in [1.29, 1.82) is 0 Å². The summed E-state index contributed by atoms with van der Waals surface area (Å²) in [4.78, 5) is 30.3. The number of benzene rings is 1. The summed E-state index contributed by atoms with van der Waals surface area (Å²) in [7, 11) is 0. The van der Waals surface area contributed by atoms with Gasteiger partial charge in [0.2, 0.25) is 0 Å². The molecule has 0 N–H and O–H groups in total. The number of rotatable bonds is 8. The minimum Gasteiger partial charge on any atom is -0.484 e. The number of carbonyl (C=O) groups is 2. The summed E-state index contributed by atoms with van der Waals surface area (Å²) in [6.07, 6.45) is 1.99. The maximum absolute atomic E-state index is 12.5. The Labute approximate surface area is 150 Å². The summed E-state index contributed by atoms with van der Waals surface area (Å²) in [5.74, 6) is 0.173. The average molecular weight is 360 g/mol. The van der Waals surface area contributed by atoms with Gasteiger partial charge >= 0.3 is 5.97 Å².